The molecule has 0 spiro atoms. The first-order chi connectivity index (χ1) is 10.4. The molecule has 0 aliphatic rings. The summed E-state index contributed by atoms with van der Waals surface area (Å²) in [6, 6.07) is 5.72. The van der Waals surface area contributed by atoms with Gasteiger partial charge in [-0.2, -0.15) is 0 Å². The maximum absolute atomic E-state index is 11.4. The van der Waals surface area contributed by atoms with Gasteiger partial charge in [0.1, 0.15) is 0 Å². The molecule has 0 aromatic heterocycles. The average Bonchev–Trinajstić information content (AvgIpc) is 2.50. The van der Waals surface area contributed by atoms with E-state index in [4.69, 9.17) is 23.2 Å². The summed E-state index contributed by atoms with van der Waals surface area (Å²) < 4.78 is 0. The van der Waals surface area contributed by atoms with Crippen molar-refractivity contribution in [1.29, 1.82) is 0 Å². The lowest BCUT2D eigenvalue weighted by molar-refractivity contribution is -0.149. The lowest BCUT2D eigenvalue weighted by atomic mass is 9.82. The first-order valence-electron chi connectivity index (χ1n) is 7.83. The van der Waals surface area contributed by atoms with E-state index in [2.05, 4.69) is 5.32 Å². The highest BCUT2D eigenvalue weighted by Gasteiger charge is 2.34. The topological polar surface area (TPSA) is 49.3 Å². The van der Waals surface area contributed by atoms with Crippen LogP contribution in [0.3, 0.4) is 0 Å². The standard InChI is InChI=1S/C17H25Cl2NO2/c1-3-17(4-2,16(21)22)12-20-10-6-5-7-13-8-9-14(18)15(19)11-13/h8-9,11,20H,3-7,10,12H2,1-2H3,(H,21,22). The third-order valence-corrected chi connectivity index (χ3v) is 5.06. The lowest BCUT2D eigenvalue weighted by Crippen LogP contribution is -2.40. The number of halogens is 2. The second-order valence-electron chi connectivity index (χ2n) is 5.67. The fraction of sp³-hybridized carbons (Fsp3) is 0.588. The van der Waals surface area contributed by atoms with Crippen LogP contribution in [-0.2, 0) is 11.2 Å². The minimum atomic E-state index is -0.708. The molecule has 0 fully saturated rings. The zero-order chi connectivity index (χ0) is 16.6. The zero-order valence-electron chi connectivity index (χ0n) is 13.3. The Hall–Kier alpha value is -0.770. The molecular weight excluding hydrogens is 321 g/mol. The Morgan fingerprint density at radius 1 is 1.18 bits per heavy atom. The van der Waals surface area contributed by atoms with E-state index in [0.717, 1.165) is 25.8 Å². The SMILES string of the molecule is CCC(CC)(CNCCCCc1ccc(Cl)c(Cl)c1)C(=O)O. The zero-order valence-corrected chi connectivity index (χ0v) is 14.8. The first kappa shape index (κ1) is 19.3. The van der Waals surface area contributed by atoms with Crippen LogP contribution in [0, 0.1) is 5.41 Å². The van der Waals surface area contributed by atoms with Gasteiger partial charge in [-0.3, -0.25) is 4.79 Å². The Bertz CT molecular complexity index is 488. The van der Waals surface area contributed by atoms with Gasteiger partial charge in [0.25, 0.3) is 0 Å². The van der Waals surface area contributed by atoms with Gasteiger partial charge in [0.05, 0.1) is 15.5 Å². The molecule has 0 unspecified atom stereocenters. The molecular formula is C17H25Cl2NO2. The predicted molar refractivity (Wildman–Crippen MR) is 92.9 cm³/mol. The number of aryl methyl sites for hydroxylation is 1. The van der Waals surface area contributed by atoms with Crippen LogP contribution >= 0.6 is 23.2 Å². The van der Waals surface area contributed by atoms with Crippen molar-refractivity contribution in [2.24, 2.45) is 5.41 Å². The number of hydrogen-bond donors (Lipinski definition) is 2. The summed E-state index contributed by atoms with van der Waals surface area (Å²) in [5, 5.41) is 13.8. The van der Waals surface area contributed by atoms with E-state index in [1.165, 1.54) is 5.56 Å². The Labute approximate surface area is 143 Å². The van der Waals surface area contributed by atoms with Crippen molar-refractivity contribution in [2.75, 3.05) is 13.1 Å². The van der Waals surface area contributed by atoms with Gasteiger partial charge in [0.2, 0.25) is 0 Å². The van der Waals surface area contributed by atoms with Crippen LogP contribution in [0.5, 0.6) is 0 Å². The Morgan fingerprint density at radius 2 is 1.86 bits per heavy atom. The Morgan fingerprint density at radius 3 is 2.41 bits per heavy atom. The van der Waals surface area contributed by atoms with Crippen LogP contribution in [-0.4, -0.2) is 24.2 Å². The monoisotopic (exact) mass is 345 g/mol. The fourth-order valence-corrected chi connectivity index (χ4v) is 2.80. The number of carbonyl (C=O) groups is 1. The molecule has 0 heterocycles. The van der Waals surface area contributed by atoms with Gasteiger partial charge in [-0.15, -0.1) is 0 Å². The van der Waals surface area contributed by atoms with Crippen molar-refractivity contribution in [3.05, 3.63) is 33.8 Å². The molecule has 1 rings (SSSR count). The van der Waals surface area contributed by atoms with Gasteiger partial charge >= 0.3 is 5.97 Å². The van der Waals surface area contributed by atoms with E-state index >= 15 is 0 Å². The number of carboxylic acids is 1. The summed E-state index contributed by atoms with van der Waals surface area (Å²) in [5.41, 5.74) is 0.542. The van der Waals surface area contributed by atoms with Gasteiger partial charge in [-0.1, -0.05) is 43.1 Å². The van der Waals surface area contributed by atoms with Crippen molar-refractivity contribution in [2.45, 2.75) is 46.0 Å². The smallest absolute Gasteiger partial charge is 0.310 e. The average molecular weight is 346 g/mol. The molecule has 0 saturated heterocycles. The maximum atomic E-state index is 11.4. The summed E-state index contributed by atoms with van der Waals surface area (Å²) in [6.45, 7) is 5.23. The van der Waals surface area contributed by atoms with Crippen molar-refractivity contribution < 1.29 is 9.90 Å². The molecule has 0 radical (unpaired) electrons. The second kappa shape index (κ2) is 9.39. The molecule has 0 atom stereocenters. The summed E-state index contributed by atoms with van der Waals surface area (Å²) in [5.74, 6) is -0.708. The number of nitrogens with one attached hydrogen (secondary N) is 1. The van der Waals surface area contributed by atoms with Crippen LogP contribution in [0.2, 0.25) is 10.0 Å². The van der Waals surface area contributed by atoms with Crippen LogP contribution in [0.1, 0.15) is 45.1 Å². The predicted octanol–water partition coefficient (Wildman–Crippen LogP) is 4.80. The van der Waals surface area contributed by atoms with Crippen molar-refractivity contribution in [3.8, 4) is 0 Å². The van der Waals surface area contributed by atoms with Gasteiger partial charge in [0, 0.05) is 6.54 Å². The number of benzene rings is 1. The highest BCUT2D eigenvalue weighted by atomic mass is 35.5. The van der Waals surface area contributed by atoms with Crippen molar-refractivity contribution >= 4 is 29.2 Å². The van der Waals surface area contributed by atoms with E-state index in [9.17, 15) is 9.90 Å². The van der Waals surface area contributed by atoms with Gasteiger partial charge in [-0.05, 0) is 56.3 Å². The second-order valence-corrected chi connectivity index (χ2v) is 6.49. The summed E-state index contributed by atoms with van der Waals surface area (Å²) in [6.07, 6.45) is 4.28. The minimum absolute atomic E-state index is 0.530. The van der Waals surface area contributed by atoms with Crippen LogP contribution < -0.4 is 5.32 Å². The Kier molecular flexibility index (Phi) is 8.23. The normalized spacial score (nSPS) is 11.6. The molecule has 0 amide bonds. The molecule has 0 saturated carbocycles. The lowest BCUT2D eigenvalue weighted by Gasteiger charge is -2.27. The third kappa shape index (κ3) is 5.45. The first-order valence-corrected chi connectivity index (χ1v) is 8.59. The van der Waals surface area contributed by atoms with Crippen LogP contribution in [0.25, 0.3) is 0 Å². The number of carboxylic acid groups (broad SMARTS) is 1. The molecule has 3 nitrogen and oxygen atoms in total. The molecule has 0 aliphatic heterocycles. The molecule has 0 bridgehead atoms. The van der Waals surface area contributed by atoms with E-state index < -0.39 is 11.4 Å². The van der Waals surface area contributed by atoms with E-state index in [1.54, 1.807) is 0 Å². The quantitative estimate of drug-likeness (QED) is 0.599. The highest BCUT2D eigenvalue weighted by molar-refractivity contribution is 6.42. The molecule has 22 heavy (non-hydrogen) atoms. The Balaban J connectivity index is 2.28. The molecule has 124 valence electrons. The van der Waals surface area contributed by atoms with E-state index in [1.807, 2.05) is 32.0 Å². The maximum Gasteiger partial charge on any atom is 0.310 e. The van der Waals surface area contributed by atoms with Crippen molar-refractivity contribution in [1.82, 2.24) is 5.32 Å². The van der Waals surface area contributed by atoms with Gasteiger partial charge in [-0.25, -0.2) is 0 Å². The van der Waals surface area contributed by atoms with Crippen LogP contribution in [0.15, 0.2) is 18.2 Å². The number of aliphatic carboxylic acids is 1. The van der Waals surface area contributed by atoms with Crippen LogP contribution in [0.4, 0.5) is 0 Å². The highest BCUT2D eigenvalue weighted by Crippen LogP contribution is 2.26. The molecule has 2 N–H and O–H groups in total. The third-order valence-electron chi connectivity index (χ3n) is 4.32. The minimum Gasteiger partial charge on any atom is -0.481 e. The number of unbranched alkanes of at least 4 members (excludes halogenated alkanes) is 1. The summed E-state index contributed by atoms with van der Waals surface area (Å²) in [7, 11) is 0. The summed E-state index contributed by atoms with van der Waals surface area (Å²) >= 11 is 11.9. The molecule has 1 aromatic carbocycles. The van der Waals surface area contributed by atoms with E-state index in [-0.39, 0.29) is 0 Å². The summed E-state index contributed by atoms with van der Waals surface area (Å²) in [4.78, 5) is 11.4. The number of rotatable bonds is 10. The largest absolute Gasteiger partial charge is 0.481 e. The molecule has 1 aromatic rings. The fourth-order valence-electron chi connectivity index (χ4n) is 2.48. The number of hydrogen-bond acceptors (Lipinski definition) is 2. The van der Waals surface area contributed by atoms with Gasteiger partial charge < -0.3 is 10.4 Å². The van der Waals surface area contributed by atoms with E-state index in [0.29, 0.717) is 29.4 Å². The molecule has 5 heteroatoms. The molecule has 0 aliphatic carbocycles. The van der Waals surface area contributed by atoms with Crippen molar-refractivity contribution in [3.63, 3.8) is 0 Å². The van der Waals surface area contributed by atoms with Gasteiger partial charge in [0.15, 0.2) is 0 Å².